The Kier molecular flexibility index (Phi) is 3.98. The predicted octanol–water partition coefficient (Wildman–Crippen LogP) is 1.20. The number of carbonyl (C=O) groups excluding carboxylic acids is 1. The molecule has 0 aromatic carbocycles. The van der Waals surface area contributed by atoms with Crippen molar-refractivity contribution in [1.29, 1.82) is 0 Å². The van der Waals surface area contributed by atoms with Crippen molar-refractivity contribution in [2.45, 2.75) is 4.90 Å². The molecule has 1 rings (SSSR count). The van der Waals surface area contributed by atoms with E-state index in [1.807, 2.05) is 12.1 Å². The summed E-state index contributed by atoms with van der Waals surface area (Å²) in [5, 5.41) is 11.2. The summed E-state index contributed by atoms with van der Waals surface area (Å²) in [5.41, 5.74) is 0.127. The number of thioether (sulfide) groups is 1. The Bertz CT molecular complexity index is 300. The van der Waals surface area contributed by atoms with Crippen LogP contribution < -0.4 is 0 Å². The summed E-state index contributed by atoms with van der Waals surface area (Å²) in [6.07, 6.45) is 3.87. The van der Waals surface area contributed by atoms with Crippen LogP contribution in [0.3, 0.4) is 0 Å². The minimum atomic E-state index is 0.127. The monoisotopic (exact) mass is 196 g/mol. The van der Waals surface area contributed by atoms with Gasteiger partial charge in [-0.1, -0.05) is 5.16 Å². The van der Waals surface area contributed by atoms with E-state index in [-0.39, 0.29) is 5.71 Å². The molecular formula is C8H8N2O2S. The molecule has 0 radical (unpaired) electrons. The van der Waals surface area contributed by atoms with Gasteiger partial charge in [-0.05, 0) is 12.1 Å². The fraction of sp³-hybridized carbons (Fsp3) is 0.125. The van der Waals surface area contributed by atoms with Gasteiger partial charge in [-0.3, -0.25) is 9.78 Å². The topological polar surface area (TPSA) is 62.5 Å². The lowest BCUT2D eigenvalue weighted by molar-refractivity contribution is -0.102. The van der Waals surface area contributed by atoms with Gasteiger partial charge in [-0.15, -0.1) is 11.8 Å². The van der Waals surface area contributed by atoms with Crippen LogP contribution in [0.25, 0.3) is 0 Å². The van der Waals surface area contributed by atoms with Crippen molar-refractivity contribution in [1.82, 2.24) is 4.98 Å². The van der Waals surface area contributed by atoms with Crippen LogP contribution in [0.15, 0.2) is 34.6 Å². The standard InChI is InChI=1S/C8H8N2O2S/c11-5-7(10-12)6-13-8-1-3-9-4-2-8/h1-5,12H,6H2/b10-7+. The van der Waals surface area contributed by atoms with Gasteiger partial charge in [0.1, 0.15) is 5.71 Å². The minimum absolute atomic E-state index is 0.127. The quantitative estimate of drug-likeness (QED) is 0.258. The first kappa shape index (κ1) is 9.73. The number of rotatable bonds is 4. The third kappa shape index (κ3) is 3.25. The van der Waals surface area contributed by atoms with E-state index in [4.69, 9.17) is 5.21 Å². The van der Waals surface area contributed by atoms with Crippen molar-refractivity contribution >= 4 is 23.8 Å². The lowest BCUT2D eigenvalue weighted by atomic mass is 10.5. The Labute approximate surface area is 79.7 Å². The zero-order valence-electron chi connectivity index (χ0n) is 6.75. The molecule has 0 fully saturated rings. The molecule has 0 saturated heterocycles. The van der Waals surface area contributed by atoms with Gasteiger partial charge in [-0.2, -0.15) is 0 Å². The van der Waals surface area contributed by atoms with Crippen molar-refractivity contribution in [3.63, 3.8) is 0 Å². The number of hydrogen-bond donors (Lipinski definition) is 1. The summed E-state index contributed by atoms with van der Waals surface area (Å²) >= 11 is 1.42. The molecule has 0 atom stereocenters. The number of hydrogen-bond acceptors (Lipinski definition) is 5. The van der Waals surface area contributed by atoms with Gasteiger partial charge in [0.15, 0.2) is 6.29 Å². The maximum atomic E-state index is 10.2. The van der Waals surface area contributed by atoms with Gasteiger partial charge in [0, 0.05) is 23.0 Å². The van der Waals surface area contributed by atoms with Crippen LogP contribution in [0.5, 0.6) is 0 Å². The van der Waals surface area contributed by atoms with E-state index in [0.717, 1.165) is 4.90 Å². The average Bonchev–Trinajstić information content (AvgIpc) is 2.21. The molecule has 1 heterocycles. The summed E-state index contributed by atoms with van der Waals surface area (Å²) in [7, 11) is 0. The minimum Gasteiger partial charge on any atom is -0.411 e. The third-order valence-electron chi connectivity index (χ3n) is 1.30. The van der Waals surface area contributed by atoms with Crippen LogP contribution in [0.2, 0.25) is 0 Å². The maximum absolute atomic E-state index is 10.2. The second-order valence-electron chi connectivity index (χ2n) is 2.18. The number of pyridine rings is 1. The van der Waals surface area contributed by atoms with Crippen molar-refractivity contribution < 1.29 is 10.0 Å². The zero-order valence-corrected chi connectivity index (χ0v) is 7.57. The summed E-state index contributed by atoms with van der Waals surface area (Å²) in [6.45, 7) is 0. The number of aldehydes is 1. The summed E-state index contributed by atoms with van der Waals surface area (Å²) < 4.78 is 0. The van der Waals surface area contributed by atoms with E-state index in [0.29, 0.717) is 12.0 Å². The highest BCUT2D eigenvalue weighted by atomic mass is 32.2. The number of oxime groups is 1. The Morgan fingerprint density at radius 2 is 2.31 bits per heavy atom. The van der Waals surface area contributed by atoms with E-state index in [1.54, 1.807) is 12.4 Å². The van der Waals surface area contributed by atoms with Gasteiger partial charge in [0.05, 0.1) is 0 Å². The van der Waals surface area contributed by atoms with Crippen molar-refractivity contribution in [2.24, 2.45) is 5.16 Å². The molecule has 4 nitrogen and oxygen atoms in total. The fourth-order valence-electron chi connectivity index (χ4n) is 0.678. The second-order valence-corrected chi connectivity index (χ2v) is 3.23. The van der Waals surface area contributed by atoms with Crippen LogP contribution in [-0.2, 0) is 4.79 Å². The molecule has 0 aliphatic heterocycles. The number of nitrogens with zero attached hydrogens (tertiary/aromatic N) is 2. The van der Waals surface area contributed by atoms with Crippen LogP contribution >= 0.6 is 11.8 Å². The van der Waals surface area contributed by atoms with Gasteiger partial charge >= 0.3 is 0 Å². The van der Waals surface area contributed by atoms with Crippen molar-refractivity contribution in [3.8, 4) is 0 Å². The van der Waals surface area contributed by atoms with E-state index in [9.17, 15) is 4.79 Å². The Morgan fingerprint density at radius 1 is 1.62 bits per heavy atom. The molecule has 1 aromatic heterocycles. The molecule has 0 aliphatic carbocycles. The van der Waals surface area contributed by atoms with Gasteiger partial charge < -0.3 is 5.21 Å². The lowest BCUT2D eigenvalue weighted by Crippen LogP contribution is -2.02. The molecule has 0 unspecified atom stereocenters. The zero-order chi connectivity index (χ0) is 9.52. The molecule has 0 aliphatic rings. The lowest BCUT2D eigenvalue weighted by Gasteiger charge is -1.97. The number of carbonyl (C=O) groups is 1. The summed E-state index contributed by atoms with van der Waals surface area (Å²) in [6, 6.07) is 3.65. The largest absolute Gasteiger partial charge is 0.411 e. The molecule has 68 valence electrons. The third-order valence-corrected chi connectivity index (χ3v) is 2.35. The van der Waals surface area contributed by atoms with Crippen molar-refractivity contribution in [2.75, 3.05) is 5.75 Å². The molecular weight excluding hydrogens is 188 g/mol. The Morgan fingerprint density at radius 3 is 2.85 bits per heavy atom. The molecule has 0 amide bonds. The molecule has 13 heavy (non-hydrogen) atoms. The van der Waals surface area contributed by atoms with E-state index in [1.165, 1.54) is 11.8 Å². The predicted molar refractivity (Wildman–Crippen MR) is 50.2 cm³/mol. The smallest absolute Gasteiger partial charge is 0.168 e. The van der Waals surface area contributed by atoms with Crippen molar-refractivity contribution in [3.05, 3.63) is 24.5 Å². The van der Waals surface area contributed by atoms with Crippen LogP contribution in [0, 0.1) is 0 Å². The SMILES string of the molecule is O=C/C(CSc1ccncc1)=N\O. The van der Waals surface area contributed by atoms with Crippen LogP contribution in [0.4, 0.5) is 0 Å². The first-order valence-corrected chi connectivity index (χ1v) is 4.54. The van der Waals surface area contributed by atoms with E-state index >= 15 is 0 Å². The summed E-state index contributed by atoms with van der Waals surface area (Å²) in [4.78, 5) is 15.1. The van der Waals surface area contributed by atoms with Crippen LogP contribution in [-0.4, -0.2) is 27.9 Å². The highest BCUT2D eigenvalue weighted by molar-refractivity contribution is 8.00. The van der Waals surface area contributed by atoms with Crippen LogP contribution in [0.1, 0.15) is 0 Å². The molecule has 1 N–H and O–H groups in total. The van der Waals surface area contributed by atoms with Gasteiger partial charge in [-0.25, -0.2) is 0 Å². The normalized spacial score (nSPS) is 11.2. The number of aromatic nitrogens is 1. The molecule has 0 saturated carbocycles. The highest BCUT2D eigenvalue weighted by Gasteiger charge is 1.99. The molecule has 0 bridgehead atoms. The molecule has 0 spiro atoms. The summed E-state index contributed by atoms with van der Waals surface area (Å²) in [5.74, 6) is 0.365. The average molecular weight is 196 g/mol. The fourth-order valence-corrected chi connectivity index (χ4v) is 1.43. The van der Waals surface area contributed by atoms with E-state index < -0.39 is 0 Å². The Hall–Kier alpha value is -1.36. The first-order valence-electron chi connectivity index (χ1n) is 3.55. The van der Waals surface area contributed by atoms with Gasteiger partial charge in [0.2, 0.25) is 0 Å². The highest BCUT2D eigenvalue weighted by Crippen LogP contribution is 2.15. The molecule has 1 aromatic rings. The molecule has 5 heteroatoms. The second kappa shape index (κ2) is 5.31. The Balaban J connectivity index is 2.48. The van der Waals surface area contributed by atoms with E-state index in [2.05, 4.69) is 10.1 Å². The maximum Gasteiger partial charge on any atom is 0.168 e. The van der Waals surface area contributed by atoms with Gasteiger partial charge in [0.25, 0.3) is 0 Å². The first-order chi connectivity index (χ1) is 6.36.